The number of benzene rings is 2. The average Bonchev–Trinajstić information content (AvgIpc) is 2.88. The van der Waals surface area contributed by atoms with Crippen molar-refractivity contribution in [2.24, 2.45) is 0 Å². The molecule has 0 amide bonds. The molecule has 0 aromatic heterocycles. The van der Waals surface area contributed by atoms with Crippen LogP contribution in [0.3, 0.4) is 0 Å². The van der Waals surface area contributed by atoms with Gasteiger partial charge in [0.2, 0.25) is 0 Å². The van der Waals surface area contributed by atoms with Crippen LogP contribution in [0.1, 0.15) is 64.4 Å². The molecule has 0 bridgehead atoms. The topological polar surface area (TPSA) is 97.4 Å². The van der Waals surface area contributed by atoms with Crippen LogP contribution >= 0.6 is 7.60 Å². The minimum atomic E-state index is -4.25. The first kappa shape index (κ1) is 30.6. The lowest BCUT2D eigenvalue weighted by atomic mass is 9.98. The Balaban J connectivity index is 1.78. The number of rotatable bonds is 15. The maximum Gasteiger partial charge on any atom is 0.351 e. The molecule has 11 heteroatoms. The van der Waals surface area contributed by atoms with E-state index in [4.69, 9.17) is 22.7 Å². The lowest BCUT2D eigenvalue weighted by Gasteiger charge is -2.28. The van der Waals surface area contributed by atoms with Gasteiger partial charge in [-0.1, -0.05) is 19.3 Å². The first-order valence-electron chi connectivity index (χ1n) is 13.1. The van der Waals surface area contributed by atoms with Gasteiger partial charge in [-0.25, -0.2) is 4.39 Å². The van der Waals surface area contributed by atoms with Gasteiger partial charge >= 0.3 is 7.60 Å². The molecule has 0 spiro atoms. The average molecular weight is 573 g/mol. The lowest BCUT2D eigenvalue weighted by Crippen LogP contribution is -2.31. The van der Waals surface area contributed by atoms with Crippen LogP contribution in [-0.2, 0) is 34.3 Å². The summed E-state index contributed by atoms with van der Waals surface area (Å²) in [4.78, 5) is -1.44. The van der Waals surface area contributed by atoms with Gasteiger partial charge in [0.1, 0.15) is 23.1 Å². The van der Waals surface area contributed by atoms with Crippen molar-refractivity contribution < 1.29 is 40.1 Å². The van der Waals surface area contributed by atoms with E-state index in [0.29, 0.717) is 42.9 Å². The quantitative estimate of drug-likeness (QED) is 0.163. The molecule has 212 valence electrons. The minimum absolute atomic E-state index is 0.0124. The molecule has 38 heavy (non-hydrogen) atoms. The molecule has 2 aromatic rings. The maximum atomic E-state index is 13.7. The predicted molar refractivity (Wildman–Crippen MR) is 144 cm³/mol. The van der Waals surface area contributed by atoms with Crippen molar-refractivity contribution in [2.45, 2.75) is 76.3 Å². The van der Waals surface area contributed by atoms with Gasteiger partial charge in [-0.15, -0.1) is 0 Å². The van der Waals surface area contributed by atoms with Gasteiger partial charge in [0.15, 0.2) is 4.99 Å². The Morgan fingerprint density at radius 1 is 0.974 bits per heavy atom. The summed E-state index contributed by atoms with van der Waals surface area (Å²) in [6.45, 7) is 3.39. The summed E-state index contributed by atoms with van der Waals surface area (Å²) in [5, 5.41) is 0. The van der Waals surface area contributed by atoms with E-state index in [0.717, 1.165) is 24.8 Å². The molecule has 0 heterocycles. The van der Waals surface area contributed by atoms with Crippen molar-refractivity contribution >= 4 is 17.7 Å². The van der Waals surface area contributed by atoms with Crippen LogP contribution in [-0.4, -0.2) is 39.8 Å². The molecule has 0 N–H and O–H groups in total. The van der Waals surface area contributed by atoms with Crippen molar-refractivity contribution in [3.63, 3.8) is 0 Å². The second-order valence-corrected chi connectivity index (χ2v) is 13.4. The maximum absolute atomic E-state index is 13.7. The van der Waals surface area contributed by atoms with Crippen molar-refractivity contribution in [3.8, 4) is 17.2 Å². The van der Waals surface area contributed by atoms with E-state index in [1.165, 1.54) is 24.3 Å². The Morgan fingerprint density at radius 3 is 2.21 bits per heavy atom. The third-order valence-electron chi connectivity index (χ3n) is 6.32. The normalized spacial score (nSPS) is 15.8. The Morgan fingerprint density at radius 2 is 1.61 bits per heavy atom. The summed E-state index contributed by atoms with van der Waals surface area (Å²) in [5.41, 5.74) is 0.777. The third kappa shape index (κ3) is 8.52. The van der Waals surface area contributed by atoms with E-state index >= 15 is 0 Å². The van der Waals surface area contributed by atoms with Gasteiger partial charge in [-0.05, 0) is 94.0 Å². The fraction of sp³-hybridized carbons (Fsp3) is 0.556. The molecule has 1 fully saturated rings. The second kappa shape index (κ2) is 14.4. The molecule has 2 aromatic carbocycles. The zero-order chi connectivity index (χ0) is 27.6. The van der Waals surface area contributed by atoms with Gasteiger partial charge < -0.3 is 18.5 Å². The highest BCUT2D eigenvalue weighted by Gasteiger charge is 2.46. The Labute approximate surface area is 225 Å². The van der Waals surface area contributed by atoms with Gasteiger partial charge in [-0.3, -0.25) is 8.75 Å². The van der Waals surface area contributed by atoms with Gasteiger partial charge in [0.25, 0.3) is 10.1 Å². The van der Waals surface area contributed by atoms with Crippen LogP contribution in [0.25, 0.3) is 0 Å². The van der Waals surface area contributed by atoms with Crippen LogP contribution in [0.15, 0.2) is 42.5 Å². The zero-order valence-electron chi connectivity index (χ0n) is 22.3. The van der Waals surface area contributed by atoms with E-state index in [-0.39, 0.29) is 25.5 Å². The lowest BCUT2D eigenvalue weighted by molar-refractivity contribution is 0.158. The summed E-state index contributed by atoms with van der Waals surface area (Å²) in [5.74, 6) is 1.24. The fourth-order valence-corrected chi connectivity index (χ4v) is 9.12. The van der Waals surface area contributed by atoms with Crippen LogP contribution in [0, 0.1) is 5.82 Å². The number of methoxy groups -OCH3 is 1. The van der Waals surface area contributed by atoms with Crippen molar-refractivity contribution in [1.29, 1.82) is 0 Å². The molecular weight excluding hydrogens is 534 g/mol. The third-order valence-corrected chi connectivity index (χ3v) is 11.5. The highest BCUT2D eigenvalue weighted by Crippen LogP contribution is 2.57. The smallest absolute Gasteiger partial charge is 0.351 e. The second-order valence-electron chi connectivity index (χ2n) is 9.10. The summed E-state index contributed by atoms with van der Waals surface area (Å²) < 4.78 is 81.5. The minimum Gasteiger partial charge on any atom is -0.496 e. The molecule has 1 aliphatic rings. The van der Waals surface area contributed by atoms with E-state index in [2.05, 4.69) is 0 Å². The molecule has 1 saturated carbocycles. The van der Waals surface area contributed by atoms with Crippen LogP contribution in [0.5, 0.6) is 17.2 Å². The molecular formula is C27H38FO8PS. The fourth-order valence-electron chi connectivity index (χ4n) is 4.56. The van der Waals surface area contributed by atoms with Crippen LogP contribution in [0.4, 0.5) is 4.39 Å². The van der Waals surface area contributed by atoms with E-state index in [1.54, 1.807) is 39.2 Å². The molecule has 1 unspecified atom stereocenters. The van der Waals surface area contributed by atoms with E-state index in [1.807, 2.05) is 0 Å². The van der Waals surface area contributed by atoms with Crippen molar-refractivity contribution in [2.75, 3.05) is 20.3 Å². The largest absolute Gasteiger partial charge is 0.496 e. The Bertz CT molecular complexity index is 1160. The van der Waals surface area contributed by atoms with Gasteiger partial charge in [0.05, 0.1) is 26.4 Å². The number of hydrogen-bond donors (Lipinski definition) is 0. The monoisotopic (exact) mass is 572 g/mol. The SMILES string of the molecule is CCOP(=O)(OCC)C(CCCc1cc(Oc2ccc(F)cc2)ccc1OC)S(=O)(=O)OC1CCCCC1. The number of halogens is 1. The van der Waals surface area contributed by atoms with Crippen LogP contribution < -0.4 is 9.47 Å². The van der Waals surface area contributed by atoms with Crippen LogP contribution in [0.2, 0.25) is 0 Å². The summed E-state index contributed by atoms with van der Waals surface area (Å²) in [6.07, 6.45) is 4.49. The predicted octanol–water partition coefficient (Wildman–Crippen LogP) is 7.22. The molecule has 8 nitrogen and oxygen atoms in total. The molecule has 0 saturated heterocycles. The zero-order valence-corrected chi connectivity index (χ0v) is 24.0. The number of aryl methyl sites for hydroxylation is 1. The molecule has 1 atom stereocenters. The molecule has 0 radical (unpaired) electrons. The molecule has 0 aliphatic heterocycles. The first-order chi connectivity index (χ1) is 18.2. The van der Waals surface area contributed by atoms with Crippen molar-refractivity contribution in [1.82, 2.24) is 0 Å². The first-order valence-corrected chi connectivity index (χ1v) is 16.2. The van der Waals surface area contributed by atoms with Gasteiger partial charge in [0, 0.05) is 0 Å². The standard InChI is InChI=1S/C27H38FO8PS/c1-4-33-37(29,34-5-2)27(38(30,31)36-24-11-7-6-8-12-24)13-9-10-21-20-25(18-19-26(21)32-3)35-23-16-14-22(28)15-17-23/h14-20,24,27H,4-13H2,1-3H3. The molecule has 3 rings (SSSR count). The Hall–Kier alpha value is -1.97. The highest BCUT2D eigenvalue weighted by atomic mass is 32.2. The summed E-state index contributed by atoms with van der Waals surface area (Å²) in [6, 6.07) is 10.9. The summed E-state index contributed by atoms with van der Waals surface area (Å²) in [7, 11) is -6.72. The van der Waals surface area contributed by atoms with Gasteiger partial charge in [-0.2, -0.15) is 8.42 Å². The van der Waals surface area contributed by atoms with E-state index in [9.17, 15) is 17.4 Å². The van der Waals surface area contributed by atoms with E-state index < -0.39 is 28.8 Å². The number of hydrogen-bond acceptors (Lipinski definition) is 8. The highest BCUT2D eigenvalue weighted by molar-refractivity contribution is 7.94. The molecule has 1 aliphatic carbocycles. The number of ether oxygens (including phenoxy) is 2. The Kier molecular flexibility index (Phi) is 11.6. The van der Waals surface area contributed by atoms with Crippen molar-refractivity contribution in [3.05, 3.63) is 53.8 Å². The summed E-state index contributed by atoms with van der Waals surface area (Å²) >= 11 is 0.